The first kappa shape index (κ1) is 14.1. The number of aromatic nitrogens is 1. The number of piperazine rings is 1. The van der Waals surface area contributed by atoms with Gasteiger partial charge in [-0.15, -0.1) is 0 Å². The van der Waals surface area contributed by atoms with Crippen molar-refractivity contribution in [3.63, 3.8) is 0 Å². The standard InChI is InChI=1S/C14H23N3O2/c1-4-12-11(13(5-2)19-16-12)8-14(18)17-7-6-15-10(3)9-17/h10,15H,4-9H2,1-3H3/t10-/m1/s1. The Morgan fingerprint density at radius 1 is 1.47 bits per heavy atom. The van der Waals surface area contributed by atoms with Crippen LogP contribution in [0.25, 0.3) is 0 Å². The molecule has 1 N–H and O–H groups in total. The summed E-state index contributed by atoms with van der Waals surface area (Å²) >= 11 is 0. The van der Waals surface area contributed by atoms with E-state index in [0.29, 0.717) is 12.5 Å². The Kier molecular flexibility index (Phi) is 4.58. The van der Waals surface area contributed by atoms with Gasteiger partial charge in [0.1, 0.15) is 5.76 Å². The molecule has 0 saturated carbocycles. The predicted molar refractivity (Wildman–Crippen MR) is 73.0 cm³/mol. The summed E-state index contributed by atoms with van der Waals surface area (Å²) in [5.41, 5.74) is 1.93. The number of amides is 1. The largest absolute Gasteiger partial charge is 0.361 e. The molecule has 5 heteroatoms. The maximum Gasteiger partial charge on any atom is 0.227 e. The molecule has 0 radical (unpaired) electrons. The molecule has 1 aliphatic heterocycles. The van der Waals surface area contributed by atoms with Crippen molar-refractivity contribution in [3.8, 4) is 0 Å². The first-order valence-corrected chi connectivity index (χ1v) is 7.13. The Morgan fingerprint density at radius 3 is 2.89 bits per heavy atom. The fraction of sp³-hybridized carbons (Fsp3) is 0.714. The second-order valence-electron chi connectivity index (χ2n) is 5.11. The molecule has 1 aromatic rings. The molecule has 106 valence electrons. The molecule has 1 aromatic heterocycles. The summed E-state index contributed by atoms with van der Waals surface area (Å²) in [5, 5.41) is 7.41. The molecule has 1 aliphatic rings. The van der Waals surface area contributed by atoms with Crippen LogP contribution in [-0.4, -0.2) is 41.6 Å². The number of hydrogen-bond donors (Lipinski definition) is 1. The van der Waals surface area contributed by atoms with E-state index >= 15 is 0 Å². The molecule has 0 unspecified atom stereocenters. The molecule has 5 nitrogen and oxygen atoms in total. The zero-order chi connectivity index (χ0) is 13.8. The van der Waals surface area contributed by atoms with Crippen molar-refractivity contribution in [2.24, 2.45) is 0 Å². The minimum atomic E-state index is 0.181. The number of carbonyl (C=O) groups is 1. The summed E-state index contributed by atoms with van der Waals surface area (Å²) in [7, 11) is 0. The highest BCUT2D eigenvalue weighted by atomic mass is 16.5. The first-order valence-electron chi connectivity index (χ1n) is 7.13. The maximum atomic E-state index is 12.4. The topological polar surface area (TPSA) is 58.4 Å². The number of aryl methyl sites for hydroxylation is 2. The van der Waals surface area contributed by atoms with Gasteiger partial charge in [0, 0.05) is 37.7 Å². The van der Waals surface area contributed by atoms with E-state index in [1.165, 1.54) is 0 Å². The Hall–Kier alpha value is -1.36. The summed E-state index contributed by atoms with van der Waals surface area (Å²) in [4.78, 5) is 14.3. The van der Waals surface area contributed by atoms with E-state index in [2.05, 4.69) is 17.4 Å². The fourth-order valence-electron chi connectivity index (χ4n) is 2.56. The maximum absolute atomic E-state index is 12.4. The summed E-state index contributed by atoms with van der Waals surface area (Å²) in [6.07, 6.45) is 2.01. The van der Waals surface area contributed by atoms with Gasteiger partial charge in [-0.2, -0.15) is 0 Å². The second kappa shape index (κ2) is 6.19. The Bertz CT molecular complexity index is 420. The van der Waals surface area contributed by atoms with Crippen LogP contribution in [-0.2, 0) is 24.1 Å². The first-order chi connectivity index (χ1) is 9.15. The number of hydrogen-bond acceptors (Lipinski definition) is 4. The van der Waals surface area contributed by atoms with Crippen LogP contribution in [0.3, 0.4) is 0 Å². The van der Waals surface area contributed by atoms with Crippen molar-refractivity contribution in [1.82, 2.24) is 15.4 Å². The molecule has 2 rings (SSSR count). The van der Waals surface area contributed by atoms with Crippen LogP contribution in [0.4, 0.5) is 0 Å². The average molecular weight is 265 g/mol. The Labute approximate surface area is 114 Å². The lowest BCUT2D eigenvalue weighted by Crippen LogP contribution is -2.51. The molecular formula is C14H23N3O2. The highest BCUT2D eigenvalue weighted by molar-refractivity contribution is 5.79. The Morgan fingerprint density at radius 2 is 2.26 bits per heavy atom. The quantitative estimate of drug-likeness (QED) is 0.887. The van der Waals surface area contributed by atoms with Gasteiger partial charge in [0.2, 0.25) is 5.91 Å². The van der Waals surface area contributed by atoms with Gasteiger partial charge >= 0.3 is 0 Å². The van der Waals surface area contributed by atoms with Crippen LogP contribution >= 0.6 is 0 Å². The Balaban J connectivity index is 2.07. The fourth-order valence-corrected chi connectivity index (χ4v) is 2.56. The van der Waals surface area contributed by atoms with E-state index < -0.39 is 0 Å². The van der Waals surface area contributed by atoms with Gasteiger partial charge in [-0.05, 0) is 13.3 Å². The molecule has 0 aromatic carbocycles. The van der Waals surface area contributed by atoms with Crippen LogP contribution < -0.4 is 5.32 Å². The summed E-state index contributed by atoms with van der Waals surface area (Å²) in [5.74, 6) is 1.04. The van der Waals surface area contributed by atoms with E-state index in [-0.39, 0.29) is 5.91 Å². The lowest BCUT2D eigenvalue weighted by molar-refractivity contribution is -0.131. The molecule has 1 amide bonds. The van der Waals surface area contributed by atoms with Gasteiger partial charge in [0.05, 0.1) is 12.1 Å². The predicted octanol–water partition coefficient (Wildman–Crippen LogP) is 1.16. The zero-order valence-corrected chi connectivity index (χ0v) is 12.0. The van der Waals surface area contributed by atoms with Crippen LogP contribution in [0.15, 0.2) is 4.52 Å². The third-order valence-corrected chi connectivity index (χ3v) is 3.66. The van der Waals surface area contributed by atoms with Crippen LogP contribution in [0.5, 0.6) is 0 Å². The van der Waals surface area contributed by atoms with Crippen molar-refractivity contribution in [1.29, 1.82) is 0 Å². The van der Waals surface area contributed by atoms with E-state index in [4.69, 9.17) is 4.52 Å². The molecule has 19 heavy (non-hydrogen) atoms. The van der Waals surface area contributed by atoms with Gasteiger partial charge < -0.3 is 14.7 Å². The van der Waals surface area contributed by atoms with E-state index in [1.807, 2.05) is 18.7 Å². The minimum Gasteiger partial charge on any atom is -0.361 e. The van der Waals surface area contributed by atoms with Crippen LogP contribution in [0.2, 0.25) is 0 Å². The zero-order valence-electron chi connectivity index (χ0n) is 12.0. The van der Waals surface area contributed by atoms with Gasteiger partial charge in [0.25, 0.3) is 0 Å². The third kappa shape index (κ3) is 3.15. The van der Waals surface area contributed by atoms with Gasteiger partial charge in [-0.25, -0.2) is 0 Å². The number of nitrogens with one attached hydrogen (secondary N) is 1. The number of nitrogens with zero attached hydrogens (tertiary/aromatic N) is 2. The molecular weight excluding hydrogens is 242 g/mol. The summed E-state index contributed by atoms with van der Waals surface area (Å²) in [6.45, 7) is 8.62. The highest BCUT2D eigenvalue weighted by Gasteiger charge is 2.23. The van der Waals surface area contributed by atoms with Crippen molar-refractivity contribution in [2.45, 2.75) is 46.1 Å². The van der Waals surface area contributed by atoms with Crippen LogP contribution in [0, 0.1) is 0 Å². The average Bonchev–Trinajstić information content (AvgIpc) is 2.80. The molecule has 1 fully saturated rings. The van der Waals surface area contributed by atoms with Crippen molar-refractivity contribution < 1.29 is 9.32 Å². The molecule has 2 heterocycles. The van der Waals surface area contributed by atoms with Crippen LogP contribution in [0.1, 0.15) is 37.8 Å². The third-order valence-electron chi connectivity index (χ3n) is 3.66. The monoisotopic (exact) mass is 265 g/mol. The molecule has 0 aliphatic carbocycles. The molecule has 1 saturated heterocycles. The van der Waals surface area contributed by atoms with E-state index in [9.17, 15) is 4.79 Å². The second-order valence-corrected chi connectivity index (χ2v) is 5.11. The van der Waals surface area contributed by atoms with E-state index in [0.717, 1.165) is 49.5 Å². The number of carbonyl (C=O) groups excluding carboxylic acids is 1. The van der Waals surface area contributed by atoms with Gasteiger partial charge in [0.15, 0.2) is 0 Å². The van der Waals surface area contributed by atoms with Crippen molar-refractivity contribution >= 4 is 5.91 Å². The van der Waals surface area contributed by atoms with Crippen molar-refractivity contribution in [2.75, 3.05) is 19.6 Å². The highest BCUT2D eigenvalue weighted by Crippen LogP contribution is 2.17. The van der Waals surface area contributed by atoms with Gasteiger partial charge in [-0.1, -0.05) is 19.0 Å². The lowest BCUT2D eigenvalue weighted by atomic mass is 10.1. The lowest BCUT2D eigenvalue weighted by Gasteiger charge is -2.32. The smallest absolute Gasteiger partial charge is 0.227 e. The summed E-state index contributed by atoms with van der Waals surface area (Å²) in [6, 6.07) is 0.372. The van der Waals surface area contributed by atoms with Crippen molar-refractivity contribution in [3.05, 3.63) is 17.0 Å². The SMILES string of the molecule is CCc1noc(CC)c1CC(=O)N1CCN[C@H](C)C1. The normalized spacial score (nSPS) is 19.7. The summed E-state index contributed by atoms with van der Waals surface area (Å²) < 4.78 is 5.31. The molecule has 0 spiro atoms. The van der Waals surface area contributed by atoms with Gasteiger partial charge in [-0.3, -0.25) is 4.79 Å². The minimum absolute atomic E-state index is 0.181. The number of rotatable bonds is 4. The van der Waals surface area contributed by atoms with E-state index in [1.54, 1.807) is 0 Å². The molecule has 1 atom stereocenters. The molecule has 0 bridgehead atoms.